The van der Waals surface area contributed by atoms with E-state index in [0.717, 1.165) is 35.7 Å². The molecule has 2 aromatic rings. The van der Waals surface area contributed by atoms with Crippen LogP contribution in [0, 0.1) is 6.92 Å². The molecule has 0 aliphatic heterocycles. The molecule has 0 aromatic heterocycles. The fraction of sp³-hybridized carbons (Fsp3) is 0.435. The van der Waals surface area contributed by atoms with Crippen molar-refractivity contribution in [1.29, 1.82) is 0 Å². The van der Waals surface area contributed by atoms with Gasteiger partial charge in [0.15, 0.2) is 6.61 Å². The first kappa shape index (κ1) is 23.8. The summed E-state index contributed by atoms with van der Waals surface area (Å²) in [5, 5.41) is 2.90. The number of ether oxygens (including phenoxy) is 1. The zero-order chi connectivity index (χ0) is 22.4. The first-order valence-corrected chi connectivity index (χ1v) is 12.8. The van der Waals surface area contributed by atoms with Gasteiger partial charge in [0.05, 0.1) is 10.9 Å². The van der Waals surface area contributed by atoms with E-state index in [9.17, 15) is 13.2 Å². The van der Waals surface area contributed by atoms with Gasteiger partial charge in [-0.2, -0.15) is 0 Å². The molecule has 1 aliphatic rings. The summed E-state index contributed by atoms with van der Waals surface area (Å²) < 4.78 is 34.8. The fourth-order valence-electron chi connectivity index (χ4n) is 3.74. The van der Waals surface area contributed by atoms with Gasteiger partial charge >= 0.3 is 0 Å². The van der Waals surface area contributed by atoms with Gasteiger partial charge in [-0.05, 0) is 68.1 Å². The molecule has 1 amide bonds. The molecule has 0 heterocycles. The molecule has 1 unspecified atom stereocenters. The van der Waals surface area contributed by atoms with Crippen LogP contribution in [0.4, 0.5) is 0 Å². The molecule has 0 bridgehead atoms. The maximum absolute atomic E-state index is 12.7. The Kier molecular flexibility index (Phi) is 8.13. The molecular formula is C23H29BrN2O4S. The number of aryl methyl sites for hydroxylation is 1. The first-order valence-electron chi connectivity index (χ1n) is 10.6. The molecular weight excluding hydrogens is 480 g/mol. The summed E-state index contributed by atoms with van der Waals surface area (Å²) in [6.07, 6.45) is 5.04. The monoisotopic (exact) mass is 508 g/mol. The van der Waals surface area contributed by atoms with Crippen LogP contribution in [-0.4, -0.2) is 27.0 Å². The summed E-state index contributed by atoms with van der Waals surface area (Å²) >= 11 is 3.43. The Morgan fingerprint density at radius 1 is 1.16 bits per heavy atom. The van der Waals surface area contributed by atoms with Gasteiger partial charge in [-0.3, -0.25) is 4.79 Å². The summed E-state index contributed by atoms with van der Waals surface area (Å²) in [6.45, 7) is 3.53. The highest BCUT2D eigenvalue weighted by Gasteiger charge is 2.22. The summed E-state index contributed by atoms with van der Waals surface area (Å²) in [7, 11) is -3.57. The standard InChI is InChI=1S/C23H29BrN2O4S/c1-16-13-21(31(28,29)26-20-9-4-3-5-10-20)11-12-22(16)30-15-23(27)25-17(2)18-7-6-8-19(24)14-18/h6-8,11-14,17,20,26H,3-5,9-10,15H2,1-2H3,(H,25,27). The lowest BCUT2D eigenvalue weighted by Gasteiger charge is -2.22. The van der Waals surface area contributed by atoms with Gasteiger partial charge in [0.2, 0.25) is 10.0 Å². The van der Waals surface area contributed by atoms with Crippen molar-refractivity contribution in [3.05, 3.63) is 58.1 Å². The number of halogens is 1. The number of carbonyl (C=O) groups is 1. The Labute approximate surface area is 193 Å². The van der Waals surface area contributed by atoms with Crippen molar-refractivity contribution in [3.63, 3.8) is 0 Å². The molecule has 8 heteroatoms. The smallest absolute Gasteiger partial charge is 0.258 e. The lowest BCUT2D eigenvalue weighted by molar-refractivity contribution is -0.123. The van der Waals surface area contributed by atoms with E-state index in [1.807, 2.05) is 31.2 Å². The molecule has 1 atom stereocenters. The lowest BCUT2D eigenvalue weighted by atomic mass is 9.96. The van der Waals surface area contributed by atoms with Crippen LogP contribution < -0.4 is 14.8 Å². The minimum Gasteiger partial charge on any atom is -0.484 e. The van der Waals surface area contributed by atoms with Gasteiger partial charge in [-0.15, -0.1) is 0 Å². The van der Waals surface area contributed by atoms with Gasteiger partial charge in [-0.1, -0.05) is 47.3 Å². The second-order valence-corrected chi connectivity index (χ2v) is 10.6. The number of rotatable bonds is 8. The second-order valence-electron chi connectivity index (χ2n) is 8.02. The average Bonchev–Trinajstić information content (AvgIpc) is 2.73. The van der Waals surface area contributed by atoms with Crippen LogP contribution >= 0.6 is 15.9 Å². The Hall–Kier alpha value is -1.90. The van der Waals surface area contributed by atoms with Crippen molar-refractivity contribution in [2.45, 2.75) is 62.9 Å². The number of nitrogens with one attached hydrogen (secondary N) is 2. The quantitative estimate of drug-likeness (QED) is 0.544. The van der Waals surface area contributed by atoms with Crippen molar-refractivity contribution in [3.8, 4) is 5.75 Å². The van der Waals surface area contributed by atoms with E-state index in [-0.39, 0.29) is 29.5 Å². The Morgan fingerprint density at radius 2 is 1.90 bits per heavy atom. The highest BCUT2D eigenvalue weighted by molar-refractivity contribution is 9.10. The minimum atomic E-state index is -3.57. The maximum atomic E-state index is 12.7. The molecule has 6 nitrogen and oxygen atoms in total. The Morgan fingerprint density at radius 3 is 2.58 bits per heavy atom. The third-order valence-corrected chi connectivity index (χ3v) is 7.48. The van der Waals surface area contributed by atoms with Crippen molar-refractivity contribution < 1.29 is 17.9 Å². The van der Waals surface area contributed by atoms with Gasteiger partial charge in [-0.25, -0.2) is 13.1 Å². The maximum Gasteiger partial charge on any atom is 0.258 e. The van der Waals surface area contributed by atoms with Crippen LogP contribution in [0.2, 0.25) is 0 Å². The van der Waals surface area contributed by atoms with Crippen LogP contribution in [0.5, 0.6) is 5.75 Å². The predicted molar refractivity (Wildman–Crippen MR) is 125 cm³/mol. The first-order chi connectivity index (χ1) is 14.7. The Balaban J connectivity index is 1.56. The number of hydrogen-bond donors (Lipinski definition) is 2. The third-order valence-electron chi connectivity index (χ3n) is 5.47. The fourth-order valence-corrected chi connectivity index (χ4v) is 5.55. The van der Waals surface area contributed by atoms with Crippen LogP contribution in [0.1, 0.15) is 56.2 Å². The van der Waals surface area contributed by atoms with E-state index < -0.39 is 10.0 Å². The van der Waals surface area contributed by atoms with Crippen LogP contribution in [0.15, 0.2) is 51.8 Å². The van der Waals surface area contributed by atoms with Crippen LogP contribution in [0.3, 0.4) is 0 Å². The highest BCUT2D eigenvalue weighted by Crippen LogP contribution is 2.24. The van der Waals surface area contributed by atoms with Crippen molar-refractivity contribution in [2.24, 2.45) is 0 Å². The van der Waals surface area contributed by atoms with Gasteiger partial charge in [0.25, 0.3) is 5.91 Å². The SMILES string of the molecule is Cc1cc(S(=O)(=O)NC2CCCCC2)ccc1OCC(=O)NC(C)c1cccc(Br)c1. The normalized spacial score (nSPS) is 16.0. The molecule has 3 rings (SSSR count). The zero-order valence-electron chi connectivity index (χ0n) is 17.9. The molecule has 168 valence electrons. The molecule has 0 spiro atoms. The number of carbonyl (C=O) groups excluding carboxylic acids is 1. The molecule has 31 heavy (non-hydrogen) atoms. The summed E-state index contributed by atoms with van der Waals surface area (Å²) in [5.41, 5.74) is 1.65. The van der Waals surface area contributed by atoms with Crippen molar-refractivity contribution in [2.75, 3.05) is 6.61 Å². The summed E-state index contributed by atoms with van der Waals surface area (Å²) in [6, 6.07) is 12.3. The molecule has 2 N–H and O–H groups in total. The second kappa shape index (κ2) is 10.6. The van der Waals surface area contributed by atoms with Gasteiger partial charge in [0.1, 0.15) is 5.75 Å². The van der Waals surface area contributed by atoms with E-state index in [2.05, 4.69) is 26.0 Å². The summed E-state index contributed by atoms with van der Waals surface area (Å²) in [4.78, 5) is 12.5. The van der Waals surface area contributed by atoms with E-state index in [4.69, 9.17) is 4.74 Å². The van der Waals surface area contributed by atoms with Gasteiger partial charge < -0.3 is 10.1 Å². The van der Waals surface area contributed by atoms with Crippen LogP contribution in [-0.2, 0) is 14.8 Å². The minimum absolute atomic E-state index is 0.00547. The topological polar surface area (TPSA) is 84.5 Å². The third kappa shape index (κ3) is 6.79. The van der Waals surface area contributed by atoms with Gasteiger partial charge in [0, 0.05) is 10.5 Å². The number of benzene rings is 2. The molecule has 2 aromatic carbocycles. The number of amides is 1. The predicted octanol–water partition coefficient (Wildman–Crippen LogP) is 4.62. The lowest BCUT2D eigenvalue weighted by Crippen LogP contribution is -2.36. The van der Waals surface area contributed by atoms with E-state index in [1.165, 1.54) is 12.5 Å². The van der Waals surface area contributed by atoms with Crippen molar-refractivity contribution in [1.82, 2.24) is 10.0 Å². The van der Waals surface area contributed by atoms with E-state index in [0.29, 0.717) is 11.3 Å². The van der Waals surface area contributed by atoms with E-state index >= 15 is 0 Å². The Bertz CT molecular complexity index is 1020. The number of hydrogen-bond acceptors (Lipinski definition) is 4. The average molecular weight is 509 g/mol. The van der Waals surface area contributed by atoms with E-state index in [1.54, 1.807) is 19.1 Å². The molecule has 1 fully saturated rings. The molecule has 1 aliphatic carbocycles. The molecule has 1 saturated carbocycles. The van der Waals surface area contributed by atoms with Crippen molar-refractivity contribution >= 4 is 31.9 Å². The molecule has 0 radical (unpaired) electrons. The largest absolute Gasteiger partial charge is 0.484 e. The molecule has 0 saturated heterocycles. The highest BCUT2D eigenvalue weighted by atomic mass is 79.9. The zero-order valence-corrected chi connectivity index (χ0v) is 20.3. The van der Waals surface area contributed by atoms with Crippen LogP contribution in [0.25, 0.3) is 0 Å². The summed E-state index contributed by atoms with van der Waals surface area (Å²) in [5.74, 6) is 0.240. The number of sulfonamides is 1.